The van der Waals surface area contributed by atoms with E-state index in [0.717, 1.165) is 73.2 Å². The van der Waals surface area contributed by atoms with Gasteiger partial charge in [0, 0.05) is 44.2 Å². The third-order valence-corrected chi connectivity index (χ3v) is 11.7. The van der Waals surface area contributed by atoms with E-state index >= 15 is 0 Å². The van der Waals surface area contributed by atoms with Crippen molar-refractivity contribution in [2.45, 2.75) is 13.3 Å². The summed E-state index contributed by atoms with van der Waals surface area (Å²) >= 11 is 0. The maximum atomic E-state index is 6.47. The smallest absolute Gasteiger partial charge is 0.136 e. The molecule has 8 aromatic carbocycles. The molecule has 0 aliphatic heterocycles. The molecule has 11 rings (SSSR count). The number of hydrogen-bond acceptors (Lipinski definition) is 2. The number of rotatable bonds is 7. The molecule has 0 fully saturated rings. The number of benzene rings is 8. The molecule has 0 saturated carbocycles. The van der Waals surface area contributed by atoms with E-state index in [-0.39, 0.29) is 0 Å². The number of hydrogen-bond donors (Lipinski definition) is 1. The molecule has 1 atom stereocenters. The molecule has 0 bridgehead atoms. The molecule has 58 heavy (non-hydrogen) atoms. The molecule has 10 aromatic rings. The number of anilines is 2. The maximum Gasteiger partial charge on any atom is 0.136 e. The molecule has 1 aliphatic rings. The summed E-state index contributed by atoms with van der Waals surface area (Å²) < 4.78 is 8.91. The SMILES string of the molecule is CC1C=CC=C(c2cccc(-n3c4ccc(-c5ccc(Nc6ccc(-c7ccccc7)cc6)c(-c6ccccc6)c5)cc4c4c5c(ccc43)oc3ccccc35)c2)C1. The summed E-state index contributed by atoms with van der Waals surface area (Å²) in [5.41, 5.74) is 17.1. The van der Waals surface area contributed by atoms with E-state index in [2.05, 4.69) is 211 Å². The summed E-state index contributed by atoms with van der Waals surface area (Å²) in [6, 6.07) is 65.5. The topological polar surface area (TPSA) is 30.1 Å². The molecular weight excluding hydrogens is 705 g/mol. The lowest BCUT2D eigenvalue weighted by Gasteiger charge is -2.16. The molecule has 1 aliphatic carbocycles. The zero-order valence-electron chi connectivity index (χ0n) is 32.2. The first kappa shape index (κ1) is 33.9. The summed E-state index contributed by atoms with van der Waals surface area (Å²) in [6.45, 7) is 2.29. The van der Waals surface area contributed by atoms with Gasteiger partial charge in [0.05, 0.1) is 11.0 Å². The normalized spacial score (nSPS) is 14.1. The summed E-state index contributed by atoms with van der Waals surface area (Å²) in [5.74, 6) is 0.525. The molecule has 0 spiro atoms. The number of fused-ring (bicyclic) bond motifs is 7. The Kier molecular flexibility index (Phi) is 8.18. The van der Waals surface area contributed by atoms with E-state index in [0.29, 0.717) is 5.92 Å². The molecule has 3 nitrogen and oxygen atoms in total. The highest BCUT2D eigenvalue weighted by Gasteiger charge is 2.20. The van der Waals surface area contributed by atoms with Crippen molar-refractivity contribution < 1.29 is 4.42 Å². The zero-order valence-corrected chi connectivity index (χ0v) is 32.2. The van der Waals surface area contributed by atoms with E-state index in [9.17, 15) is 0 Å². The van der Waals surface area contributed by atoms with Crippen LogP contribution in [0.1, 0.15) is 18.9 Å². The Balaban J connectivity index is 1.07. The first-order valence-electron chi connectivity index (χ1n) is 20.1. The first-order chi connectivity index (χ1) is 28.6. The van der Waals surface area contributed by atoms with Gasteiger partial charge in [-0.15, -0.1) is 0 Å². The van der Waals surface area contributed by atoms with Gasteiger partial charge in [-0.2, -0.15) is 0 Å². The summed E-state index contributed by atoms with van der Waals surface area (Å²) in [4.78, 5) is 0. The number of allylic oxidation sites excluding steroid dienone is 4. The standard InChI is InChI=1S/C55H40N2O/c1-36-12-10-17-40(32-36)41-18-11-19-45(33-41)57-50-29-25-43(35-48(50)54-51(57)30-31-53-55(54)46-20-8-9-21-52(46)58-53)42-24-28-49(47(34-42)39-15-6-3-7-16-39)56-44-26-22-38(23-27-44)37-13-4-2-5-14-37/h2-31,33-36,56H,32H2,1H3. The largest absolute Gasteiger partial charge is 0.456 e. The van der Waals surface area contributed by atoms with Gasteiger partial charge in [0.1, 0.15) is 11.2 Å². The Hall–Kier alpha value is -7.36. The summed E-state index contributed by atoms with van der Waals surface area (Å²) in [7, 11) is 0. The van der Waals surface area contributed by atoms with Crippen LogP contribution in [-0.4, -0.2) is 4.57 Å². The van der Waals surface area contributed by atoms with E-state index in [1.165, 1.54) is 38.6 Å². The van der Waals surface area contributed by atoms with Gasteiger partial charge >= 0.3 is 0 Å². The van der Waals surface area contributed by atoms with Gasteiger partial charge in [-0.05, 0) is 118 Å². The maximum absolute atomic E-state index is 6.47. The molecule has 3 heteroatoms. The average Bonchev–Trinajstić information content (AvgIpc) is 3.83. The van der Waals surface area contributed by atoms with Gasteiger partial charge in [-0.1, -0.05) is 140 Å². The Morgan fingerprint density at radius 1 is 0.517 bits per heavy atom. The third-order valence-electron chi connectivity index (χ3n) is 11.7. The minimum absolute atomic E-state index is 0.525. The molecule has 2 aromatic heterocycles. The molecule has 1 unspecified atom stereocenters. The number of aromatic nitrogens is 1. The van der Waals surface area contributed by atoms with Crippen LogP contribution in [0.5, 0.6) is 0 Å². The van der Waals surface area contributed by atoms with Crippen LogP contribution in [0.3, 0.4) is 0 Å². The van der Waals surface area contributed by atoms with Gasteiger partial charge < -0.3 is 14.3 Å². The van der Waals surface area contributed by atoms with Crippen molar-refractivity contribution in [3.8, 4) is 39.1 Å². The number of para-hydroxylation sites is 1. The average molecular weight is 745 g/mol. The van der Waals surface area contributed by atoms with Crippen molar-refractivity contribution in [3.63, 3.8) is 0 Å². The minimum Gasteiger partial charge on any atom is -0.456 e. The Morgan fingerprint density at radius 2 is 1.21 bits per heavy atom. The number of nitrogens with one attached hydrogen (secondary N) is 1. The van der Waals surface area contributed by atoms with Gasteiger partial charge in [-0.3, -0.25) is 0 Å². The van der Waals surface area contributed by atoms with Gasteiger partial charge in [0.25, 0.3) is 0 Å². The van der Waals surface area contributed by atoms with Crippen molar-refractivity contribution in [1.29, 1.82) is 0 Å². The van der Waals surface area contributed by atoms with E-state index in [1.54, 1.807) is 0 Å². The Bertz CT molecular complexity index is 3220. The lowest BCUT2D eigenvalue weighted by Crippen LogP contribution is -1.99. The quantitative estimate of drug-likeness (QED) is 0.176. The predicted molar refractivity (Wildman–Crippen MR) is 245 cm³/mol. The molecule has 1 N–H and O–H groups in total. The van der Waals surface area contributed by atoms with E-state index < -0.39 is 0 Å². The lowest BCUT2D eigenvalue weighted by molar-refractivity contribution is 0.669. The minimum atomic E-state index is 0.525. The predicted octanol–water partition coefficient (Wildman–Crippen LogP) is 15.4. The Labute approximate surface area is 337 Å². The van der Waals surface area contributed by atoms with Gasteiger partial charge in [-0.25, -0.2) is 0 Å². The van der Waals surface area contributed by atoms with Crippen LogP contribution < -0.4 is 5.32 Å². The molecule has 2 heterocycles. The van der Waals surface area contributed by atoms with Crippen molar-refractivity contribution in [1.82, 2.24) is 4.57 Å². The summed E-state index contributed by atoms with van der Waals surface area (Å²) in [6.07, 6.45) is 7.80. The number of nitrogens with zero attached hydrogens (tertiary/aromatic N) is 1. The van der Waals surface area contributed by atoms with Crippen LogP contribution in [-0.2, 0) is 0 Å². The van der Waals surface area contributed by atoms with Gasteiger partial charge in [0.2, 0.25) is 0 Å². The lowest BCUT2D eigenvalue weighted by atomic mass is 9.91. The Morgan fingerprint density at radius 3 is 2.03 bits per heavy atom. The second-order valence-corrected chi connectivity index (χ2v) is 15.5. The summed E-state index contributed by atoms with van der Waals surface area (Å²) in [5, 5.41) is 8.44. The fourth-order valence-electron chi connectivity index (χ4n) is 8.91. The fourth-order valence-corrected chi connectivity index (χ4v) is 8.91. The van der Waals surface area contributed by atoms with Gasteiger partial charge in [0.15, 0.2) is 0 Å². The zero-order chi connectivity index (χ0) is 38.6. The molecule has 0 saturated heterocycles. The monoisotopic (exact) mass is 744 g/mol. The molecule has 276 valence electrons. The van der Waals surface area contributed by atoms with Crippen LogP contribution in [0, 0.1) is 5.92 Å². The van der Waals surface area contributed by atoms with Crippen molar-refractivity contribution in [2.24, 2.45) is 5.92 Å². The first-order valence-corrected chi connectivity index (χ1v) is 20.1. The molecular formula is C55H40N2O. The number of furan rings is 1. The van der Waals surface area contributed by atoms with Crippen LogP contribution >= 0.6 is 0 Å². The van der Waals surface area contributed by atoms with Crippen LogP contribution in [0.4, 0.5) is 11.4 Å². The fraction of sp³-hybridized carbons (Fsp3) is 0.0545. The molecule has 0 radical (unpaired) electrons. The second-order valence-electron chi connectivity index (χ2n) is 15.5. The molecule has 0 amide bonds. The van der Waals surface area contributed by atoms with Crippen LogP contribution in [0.2, 0.25) is 0 Å². The highest BCUT2D eigenvalue weighted by molar-refractivity contribution is 6.27. The van der Waals surface area contributed by atoms with E-state index in [4.69, 9.17) is 4.42 Å². The van der Waals surface area contributed by atoms with Crippen molar-refractivity contribution in [2.75, 3.05) is 5.32 Å². The van der Waals surface area contributed by atoms with Crippen molar-refractivity contribution in [3.05, 3.63) is 206 Å². The van der Waals surface area contributed by atoms with Crippen LogP contribution in [0.25, 0.3) is 88.4 Å². The second kappa shape index (κ2) is 14.0. The third kappa shape index (κ3) is 5.91. The van der Waals surface area contributed by atoms with Crippen LogP contribution in [0.15, 0.2) is 205 Å². The van der Waals surface area contributed by atoms with Crippen molar-refractivity contribution >= 4 is 60.7 Å². The highest BCUT2D eigenvalue weighted by Crippen LogP contribution is 2.43. The van der Waals surface area contributed by atoms with E-state index in [1.807, 2.05) is 6.07 Å². The highest BCUT2D eigenvalue weighted by atomic mass is 16.3.